The minimum Gasteiger partial charge on any atom is -0.362 e. The van der Waals surface area contributed by atoms with Crippen molar-refractivity contribution in [1.82, 2.24) is 9.97 Å². The van der Waals surface area contributed by atoms with Crippen LogP contribution in [-0.2, 0) is 0 Å². The van der Waals surface area contributed by atoms with Gasteiger partial charge in [-0.3, -0.25) is 0 Å². The van der Waals surface area contributed by atoms with Crippen molar-refractivity contribution in [2.24, 2.45) is 0 Å². The van der Waals surface area contributed by atoms with Crippen LogP contribution in [0.3, 0.4) is 0 Å². The fourth-order valence-corrected chi connectivity index (χ4v) is 2.09. The molecule has 0 radical (unpaired) electrons. The summed E-state index contributed by atoms with van der Waals surface area (Å²) >= 11 is 5.98. The monoisotopic (exact) mass is 249 g/mol. The van der Waals surface area contributed by atoms with Crippen LogP contribution < -0.4 is 4.90 Å². The van der Waals surface area contributed by atoms with E-state index >= 15 is 0 Å². The Balaban J connectivity index is 2.81. The summed E-state index contributed by atoms with van der Waals surface area (Å²) in [6.07, 6.45) is 3.73. The lowest BCUT2D eigenvalue weighted by Crippen LogP contribution is -2.12. The number of anilines is 1. The third kappa shape index (κ3) is 2.20. The zero-order valence-corrected chi connectivity index (χ0v) is 11.3. The van der Waals surface area contributed by atoms with Crippen LogP contribution in [0.15, 0.2) is 18.5 Å². The Morgan fingerprint density at radius 2 is 1.82 bits per heavy atom. The molecule has 0 aliphatic rings. The van der Waals surface area contributed by atoms with Crippen LogP contribution in [0.4, 0.5) is 5.82 Å². The summed E-state index contributed by atoms with van der Waals surface area (Å²) < 4.78 is 0. The van der Waals surface area contributed by atoms with Crippen LogP contribution in [-0.4, -0.2) is 24.1 Å². The average molecular weight is 250 g/mol. The number of pyridine rings is 2. The van der Waals surface area contributed by atoms with Gasteiger partial charge in [0.05, 0.1) is 0 Å². The summed E-state index contributed by atoms with van der Waals surface area (Å²) in [7, 11) is 3.96. The summed E-state index contributed by atoms with van der Waals surface area (Å²) in [5.74, 6) is 1.34. The Bertz CT molecular complexity index is 550. The maximum absolute atomic E-state index is 5.98. The molecule has 0 saturated heterocycles. The molecular weight excluding hydrogens is 234 g/mol. The zero-order chi connectivity index (χ0) is 12.6. The molecule has 0 saturated carbocycles. The van der Waals surface area contributed by atoms with Crippen LogP contribution >= 0.6 is 11.6 Å². The first-order chi connectivity index (χ1) is 8.00. The van der Waals surface area contributed by atoms with Gasteiger partial charge in [0, 0.05) is 31.9 Å². The second kappa shape index (κ2) is 4.49. The van der Waals surface area contributed by atoms with Gasteiger partial charge in [-0.25, -0.2) is 9.97 Å². The Hall–Kier alpha value is -1.35. The Kier molecular flexibility index (Phi) is 3.20. The van der Waals surface area contributed by atoms with Gasteiger partial charge >= 0.3 is 0 Å². The molecule has 0 aliphatic heterocycles. The minimum atomic E-state index is 0.416. The predicted octanol–water partition coefficient (Wildman–Crippen LogP) is 3.47. The molecule has 0 aromatic carbocycles. The van der Waals surface area contributed by atoms with Gasteiger partial charge in [-0.15, -0.1) is 0 Å². The van der Waals surface area contributed by atoms with Crippen LogP contribution in [0.5, 0.6) is 0 Å². The normalized spacial score (nSPS) is 11.2. The third-order valence-electron chi connectivity index (χ3n) is 2.79. The minimum absolute atomic E-state index is 0.416. The molecule has 3 nitrogen and oxygen atoms in total. The maximum Gasteiger partial charge on any atom is 0.137 e. The molecule has 90 valence electrons. The van der Waals surface area contributed by atoms with Crippen LogP contribution in [0.25, 0.3) is 10.8 Å². The summed E-state index contributed by atoms with van der Waals surface area (Å²) in [5, 5.41) is 2.71. The smallest absolute Gasteiger partial charge is 0.137 e. The number of rotatable bonds is 2. The molecule has 2 heterocycles. The van der Waals surface area contributed by atoms with Gasteiger partial charge in [0.2, 0.25) is 0 Å². The SMILES string of the molecule is CC(C)c1cnc(N(C)C)c2cnc(Cl)cc12. The first-order valence-corrected chi connectivity index (χ1v) is 6.00. The Morgan fingerprint density at radius 3 is 2.41 bits per heavy atom. The molecule has 2 aromatic heterocycles. The molecule has 0 unspecified atom stereocenters. The first-order valence-electron chi connectivity index (χ1n) is 5.62. The number of fused-ring (bicyclic) bond motifs is 1. The van der Waals surface area contributed by atoms with Crippen molar-refractivity contribution in [2.75, 3.05) is 19.0 Å². The lowest BCUT2D eigenvalue weighted by Gasteiger charge is -2.17. The van der Waals surface area contributed by atoms with E-state index in [4.69, 9.17) is 11.6 Å². The van der Waals surface area contributed by atoms with Crippen molar-refractivity contribution in [3.63, 3.8) is 0 Å². The van der Waals surface area contributed by atoms with Crippen molar-refractivity contribution in [1.29, 1.82) is 0 Å². The van der Waals surface area contributed by atoms with Crippen molar-refractivity contribution in [2.45, 2.75) is 19.8 Å². The average Bonchev–Trinajstić information content (AvgIpc) is 2.26. The van der Waals surface area contributed by atoms with Gasteiger partial charge in [-0.2, -0.15) is 0 Å². The third-order valence-corrected chi connectivity index (χ3v) is 3.00. The fraction of sp³-hybridized carbons (Fsp3) is 0.385. The van der Waals surface area contributed by atoms with Crippen molar-refractivity contribution < 1.29 is 0 Å². The van der Waals surface area contributed by atoms with E-state index in [1.54, 1.807) is 6.20 Å². The van der Waals surface area contributed by atoms with Crippen LogP contribution in [0, 0.1) is 0 Å². The topological polar surface area (TPSA) is 29.0 Å². The highest BCUT2D eigenvalue weighted by molar-refractivity contribution is 6.30. The summed E-state index contributed by atoms with van der Waals surface area (Å²) in [6.45, 7) is 4.31. The molecule has 17 heavy (non-hydrogen) atoms. The van der Waals surface area contributed by atoms with E-state index in [0.717, 1.165) is 16.6 Å². The molecular formula is C13H16ClN3. The molecule has 2 rings (SSSR count). The number of aromatic nitrogens is 2. The second-order valence-corrected chi connectivity index (χ2v) is 5.03. The number of hydrogen-bond donors (Lipinski definition) is 0. The first kappa shape index (κ1) is 12.1. The quantitative estimate of drug-likeness (QED) is 0.763. The molecule has 0 fully saturated rings. The molecule has 0 spiro atoms. The highest BCUT2D eigenvalue weighted by atomic mass is 35.5. The van der Waals surface area contributed by atoms with E-state index in [-0.39, 0.29) is 0 Å². The summed E-state index contributed by atoms with van der Waals surface area (Å²) in [4.78, 5) is 10.6. The molecule has 0 aliphatic carbocycles. The number of halogens is 1. The van der Waals surface area contributed by atoms with Gasteiger partial charge in [0.15, 0.2) is 0 Å². The lowest BCUT2D eigenvalue weighted by atomic mass is 9.99. The van der Waals surface area contributed by atoms with Gasteiger partial charge < -0.3 is 4.90 Å². The number of nitrogens with zero attached hydrogens (tertiary/aromatic N) is 3. The lowest BCUT2D eigenvalue weighted by molar-refractivity contribution is 0.867. The molecule has 0 atom stereocenters. The van der Waals surface area contributed by atoms with Crippen LogP contribution in [0.1, 0.15) is 25.3 Å². The van der Waals surface area contributed by atoms with E-state index in [1.807, 2.05) is 31.3 Å². The predicted molar refractivity (Wildman–Crippen MR) is 73.0 cm³/mol. The second-order valence-electron chi connectivity index (χ2n) is 4.64. The van der Waals surface area contributed by atoms with Gasteiger partial charge in [0.25, 0.3) is 0 Å². The maximum atomic E-state index is 5.98. The van der Waals surface area contributed by atoms with Crippen molar-refractivity contribution in [3.05, 3.63) is 29.2 Å². The highest BCUT2D eigenvalue weighted by Crippen LogP contribution is 2.30. The Labute approximate surface area is 106 Å². The molecule has 0 bridgehead atoms. The number of hydrogen-bond acceptors (Lipinski definition) is 3. The van der Waals surface area contributed by atoms with Crippen molar-refractivity contribution >= 4 is 28.2 Å². The molecule has 4 heteroatoms. The highest BCUT2D eigenvalue weighted by Gasteiger charge is 2.12. The Morgan fingerprint density at radius 1 is 1.12 bits per heavy atom. The van der Waals surface area contributed by atoms with Crippen LogP contribution in [0.2, 0.25) is 5.15 Å². The standard InChI is InChI=1S/C13H16ClN3/c1-8(2)10-6-16-13(17(3)4)11-7-15-12(14)5-9(10)11/h5-8H,1-4H3. The molecule has 2 aromatic rings. The van der Waals surface area contributed by atoms with E-state index in [9.17, 15) is 0 Å². The van der Waals surface area contributed by atoms with Crippen molar-refractivity contribution in [3.8, 4) is 0 Å². The van der Waals surface area contributed by atoms with E-state index in [2.05, 4.69) is 23.8 Å². The summed E-state index contributed by atoms with van der Waals surface area (Å²) in [6, 6.07) is 1.92. The fourth-order valence-electron chi connectivity index (χ4n) is 1.93. The van der Waals surface area contributed by atoms with Gasteiger partial charge in [0.1, 0.15) is 11.0 Å². The molecule has 0 amide bonds. The van der Waals surface area contributed by atoms with E-state index in [0.29, 0.717) is 11.1 Å². The summed E-state index contributed by atoms with van der Waals surface area (Å²) in [5.41, 5.74) is 1.20. The van der Waals surface area contributed by atoms with Gasteiger partial charge in [-0.05, 0) is 22.9 Å². The molecule has 0 N–H and O–H groups in total. The largest absolute Gasteiger partial charge is 0.362 e. The zero-order valence-electron chi connectivity index (χ0n) is 10.5. The van der Waals surface area contributed by atoms with Gasteiger partial charge in [-0.1, -0.05) is 25.4 Å². The van der Waals surface area contributed by atoms with E-state index in [1.165, 1.54) is 5.56 Å². The van der Waals surface area contributed by atoms with E-state index < -0.39 is 0 Å².